The molecule has 70 valence electrons. The summed E-state index contributed by atoms with van der Waals surface area (Å²) in [4.78, 5) is 0. The lowest BCUT2D eigenvalue weighted by molar-refractivity contribution is 0.415. The van der Waals surface area contributed by atoms with Gasteiger partial charge in [0.1, 0.15) is 12.4 Å². The van der Waals surface area contributed by atoms with Gasteiger partial charge in [0.05, 0.1) is 7.11 Å². The Morgan fingerprint density at radius 1 is 1.23 bits per heavy atom. The summed E-state index contributed by atoms with van der Waals surface area (Å²) < 4.78 is 5.02. The second kappa shape index (κ2) is 5.49. The maximum Gasteiger partial charge on any atom is 0.118 e. The summed E-state index contributed by atoms with van der Waals surface area (Å²) in [5, 5.41) is 0. The molecule has 1 aromatic carbocycles. The number of ether oxygens (including phenoxy) is 1. The summed E-state index contributed by atoms with van der Waals surface area (Å²) in [6.07, 6.45) is 1.89. The van der Waals surface area contributed by atoms with Gasteiger partial charge in [0.15, 0.2) is 0 Å². The van der Waals surface area contributed by atoms with Gasteiger partial charge in [-0.25, -0.2) is 0 Å². The summed E-state index contributed by atoms with van der Waals surface area (Å²) in [7, 11) is 1.64. The Morgan fingerprint density at radius 3 is 2.31 bits per heavy atom. The van der Waals surface area contributed by atoms with Crippen LogP contribution in [0.4, 0.5) is 0 Å². The van der Waals surface area contributed by atoms with Crippen LogP contribution in [0.1, 0.15) is 5.56 Å². The van der Waals surface area contributed by atoms with Crippen LogP contribution in [0.2, 0.25) is 0 Å². The lowest BCUT2D eigenvalue weighted by Crippen LogP contribution is -1.80. The van der Waals surface area contributed by atoms with Gasteiger partial charge < -0.3 is 4.74 Å². The molecule has 0 radical (unpaired) electrons. The molecule has 0 atom stereocenters. The van der Waals surface area contributed by atoms with Gasteiger partial charge in [0, 0.05) is 0 Å². The minimum Gasteiger partial charge on any atom is -0.497 e. The van der Waals surface area contributed by atoms with E-state index in [0.29, 0.717) is 0 Å². The predicted molar refractivity (Wildman–Crippen MR) is 60.7 cm³/mol. The highest BCUT2D eigenvalue weighted by molar-refractivity contribution is 8.06. The van der Waals surface area contributed by atoms with Gasteiger partial charge >= 0.3 is 0 Å². The second-order valence-electron chi connectivity index (χ2n) is 2.35. The van der Waals surface area contributed by atoms with Crippen LogP contribution in [0.5, 0.6) is 5.75 Å². The highest BCUT2D eigenvalue weighted by Gasteiger charge is 1.92. The number of hydrogen-bond donors (Lipinski definition) is 0. The van der Waals surface area contributed by atoms with E-state index in [-0.39, 0.29) is 0 Å². The number of benzene rings is 1. The van der Waals surface area contributed by atoms with E-state index in [9.17, 15) is 0 Å². The molecule has 0 N–H and O–H groups in total. The van der Waals surface area contributed by atoms with Crippen molar-refractivity contribution in [3.63, 3.8) is 0 Å². The molecule has 0 fully saturated rings. The quantitative estimate of drug-likeness (QED) is 0.703. The highest BCUT2D eigenvalue weighted by atomic mass is 35.9. The maximum atomic E-state index is 5.60. The maximum absolute atomic E-state index is 5.60. The molecule has 1 rings (SSSR count). The molecular formula is C9H9Cl2OP. The summed E-state index contributed by atoms with van der Waals surface area (Å²) >= 11 is 11.2. The van der Waals surface area contributed by atoms with E-state index in [4.69, 9.17) is 27.2 Å². The van der Waals surface area contributed by atoms with Crippen molar-refractivity contribution in [3.8, 4) is 5.75 Å². The van der Waals surface area contributed by atoms with E-state index in [1.165, 1.54) is 0 Å². The molecule has 0 heterocycles. The van der Waals surface area contributed by atoms with E-state index in [0.717, 1.165) is 11.3 Å². The Morgan fingerprint density at radius 2 is 1.85 bits per heavy atom. The molecule has 0 amide bonds. The zero-order chi connectivity index (χ0) is 9.68. The molecule has 0 aromatic heterocycles. The zero-order valence-corrected chi connectivity index (χ0v) is 9.48. The van der Waals surface area contributed by atoms with E-state index < -0.39 is 6.63 Å². The third-order valence-corrected chi connectivity index (χ3v) is 2.55. The van der Waals surface area contributed by atoms with E-state index >= 15 is 0 Å². The van der Waals surface area contributed by atoms with Gasteiger partial charge in [-0.1, -0.05) is 40.7 Å². The highest BCUT2D eigenvalue weighted by Crippen LogP contribution is 2.48. The van der Waals surface area contributed by atoms with Crippen LogP contribution in [-0.4, -0.2) is 7.11 Å². The lowest BCUT2D eigenvalue weighted by atomic mass is 10.2. The third-order valence-electron chi connectivity index (χ3n) is 1.50. The molecule has 4 heteroatoms. The number of hydrogen-bond acceptors (Lipinski definition) is 1. The van der Waals surface area contributed by atoms with Crippen LogP contribution >= 0.6 is 29.1 Å². The van der Waals surface area contributed by atoms with Crippen molar-refractivity contribution in [2.75, 3.05) is 7.11 Å². The van der Waals surface area contributed by atoms with Crippen molar-refractivity contribution < 1.29 is 4.74 Å². The molecule has 1 aromatic rings. The van der Waals surface area contributed by atoms with E-state index in [1.807, 2.05) is 30.3 Å². The molecule has 0 aliphatic heterocycles. The first-order chi connectivity index (χ1) is 6.22. The monoisotopic (exact) mass is 234 g/mol. The number of halogens is 2. The first kappa shape index (κ1) is 10.8. The molecule has 0 aliphatic rings. The first-order valence-electron chi connectivity index (χ1n) is 3.65. The SMILES string of the molecule is COc1ccc(/C=C/P(Cl)Cl)cc1. The smallest absolute Gasteiger partial charge is 0.118 e. The average Bonchev–Trinajstić information content (AvgIpc) is 2.15. The van der Waals surface area contributed by atoms with Gasteiger partial charge in [0.25, 0.3) is 0 Å². The number of methoxy groups -OCH3 is 1. The molecule has 0 unspecified atom stereocenters. The van der Waals surface area contributed by atoms with Gasteiger partial charge in [-0.3, -0.25) is 0 Å². The minimum absolute atomic E-state index is 0.844. The van der Waals surface area contributed by atoms with Crippen molar-refractivity contribution in [1.82, 2.24) is 0 Å². The fourth-order valence-electron chi connectivity index (χ4n) is 0.857. The van der Waals surface area contributed by atoms with Crippen molar-refractivity contribution in [3.05, 3.63) is 35.6 Å². The van der Waals surface area contributed by atoms with Crippen LogP contribution in [0.25, 0.3) is 6.08 Å². The molecule has 0 spiro atoms. The lowest BCUT2D eigenvalue weighted by Gasteiger charge is -1.98. The van der Waals surface area contributed by atoms with Crippen molar-refractivity contribution in [2.45, 2.75) is 0 Å². The molecule has 1 nitrogen and oxygen atoms in total. The summed E-state index contributed by atoms with van der Waals surface area (Å²) in [5.41, 5.74) is 1.06. The van der Waals surface area contributed by atoms with Crippen molar-refractivity contribution in [2.24, 2.45) is 0 Å². The Kier molecular flexibility index (Phi) is 4.58. The molecule has 13 heavy (non-hydrogen) atoms. The Balaban J connectivity index is 2.69. The Bertz CT molecular complexity index is 282. The summed E-state index contributed by atoms with van der Waals surface area (Å²) in [6, 6.07) is 7.68. The largest absolute Gasteiger partial charge is 0.497 e. The van der Waals surface area contributed by atoms with Crippen LogP contribution in [0, 0.1) is 0 Å². The fraction of sp³-hybridized carbons (Fsp3) is 0.111. The number of rotatable bonds is 3. The van der Waals surface area contributed by atoms with Gasteiger partial charge in [-0.2, -0.15) is 0 Å². The van der Waals surface area contributed by atoms with Crippen molar-refractivity contribution in [1.29, 1.82) is 0 Å². The van der Waals surface area contributed by atoms with Crippen molar-refractivity contribution >= 4 is 35.2 Å². The summed E-state index contributed by atoms with van der Waals surface area (Å²) in [5.74, 6) is 2.62. The van der Waals surface area contributed by atoms with Gasteiger partial charge in [-0.05, 0) is 23.5 Å². The molecule has 0 bridgehead atoms. The van der Waals surface area contributed by atoms with E-state index in [2.05, 4.69) is 0 Å². The standard InChI is InChI=1S/C9H9Cl2OP/c1-12-9-4-2-8(3-5-9)6-7-13(10)11/h2-7H,1H3/b7-6+. The van der Waals surface area contributed by atoms with E-state index in [1.54, 1.807) is 12.9 Å². The normalized spacial score (nSPS) is 11.1. The predicted octanol–water partition coefficient (Wildman–Crippen LogP) is 4.46. The van der Waals surface area contributed by atoms with Crippen LogP contribution in [-0.2, 0) is 0 Å². The molecule has 0 saturated carbocycles. The van der Waals surface area contributed by atoms with Crippen LogP contribution in [0.3, 0.4) is 0 Å². The second-order valence-corrected chi connectivity index (χ2v) is 5.87. The molecular weight excluding hydrogens is 226 g/mol. The fourth-order valence-corrected chi connectivity index (χ4v) is 1.48. The van der Waals surface area contributed by atoms with Crippen LogP contribution < -0.4 is 4.74 Å². The molecule has 0 aliphatic carbocycles. The van der Waals surface area contributed by atoms with Gasteiger partial charge in [0.2, 0.25) is 0 Å². The summed E-state index contributed by atoms with van der Waals surface area (Å²) in [6.45, 7) is -1.00. The average molecular weight is 235 g/mol. The van der Waals surface area contributed by atoms with Gasteiger partial charge in [-0.15, -0.1) is 0 Å². The third kappa shape index (κ3) is 3.99. The Hall–Kier alpha value is -0.230. The topological polar surface area (TPSA) is 9.23 Å². The zero-order valence-electron chi connectivity index (χ0n) is 7.08. The first-order valence-corrected chi connectivity index (χ1v) is 6.87. The van der Waals surface area contributed by atoms with Crippen LogP contribution in [0.15, 0.2) is 30.1 Å². The minimum atomic E-state index is -1.00. The Labute approximate surface area is 88.6 Å². The molecule has 0 saturated heterocycles.